The van der Waals surface area contributed by atoms with Crippen molar-refractivity contribution in [1.82, 2.24) is 10.2 Å². The van der Waals surface area contributed by atoms with E-state index in [2.05, 4.69) is 43.8 Å². The largest absolute Gasteiger partial charge is 0.382 e. The summed E-state index contributed by atoms with van der Waals surface area (Å²) in [5.74, 6) is 0.145. The maximum atomic E-state index is 10.9. The number of ketones is 1. The van der Waals surface area contributed by atoms with Crippen molar-refractivity contribution >= 4 is 5.78 Å². The minimum absolute atomic E-state index is 0.145. The molecule has 3 heteroatoms. The lowest BCUT2D eigenvalue weighted by Crippen LogP contribution is -2.22. The lowest BCUT2D eigenvalue weighted by atomic mass is 9.84. The van der Waals surface area contributed by atoms with Crippen molar-refractivity contribution in [3.05, 3.63) is 36.8 Å². The van der Waals surface area contributed by atoms with Crippen molar-refractivity contribution < 1.29 is 4.79 Å². The summed E-state index contributed by atoms with van der Waals surface area (Å²) in [4.78, 5) is 13.2. The van der Waals surface area contributed by atoms with Crippen LogP contribution in [0.4, 0.5) is 0 Å². The van der Waals surface area contributed by atoms with E-state index in [0.717, 1.165) is 50.8 Å². The molecule has 1 aliphatic rings. The first-order valence-electron chi connectivity index (χ1n) is 8.36. The molecule has 1 rings (SSSR count). The van der Waals surface area contributed by atoms with Gasteiger partial charge in [0.2, 0.25) is 0 Å². The van der Waals surface area contributed by atoms with Gasteiger partial charge in [-0.25, -0.2) is 0 Å². The fourth-order valence-electron chi connectivity index (χ4n) is 2.91. The molecule has 1 fully saturated rings. The SMILES string of the molecule is C=C(CCCCCN1C(=C)CC(C)(CC)C1=C)NCC(C)=O. The normalized spacial score (nSPS) is 21.3. The van der Waals surface area contributed by atoms with Crippen molar-refractivity contribution in [3.63, 3.8) is 0 Å². The Morgan fingerprint density at radius 2 is 2.00 bits per heavy atom. The minimum atomic E-state index is 0.145. The van der Waals surface area contributed by atoms with Gasteiger partial charge in [0, 0.05) is 29.1 Å². The summed E-state index contributed by atoms with van der Waals surface area (Å²) in [6, 6.07) is 0. The smallest absolute Gasteiger partial charge is 0.148 e. The summed E-state index contributed by atoms with van der Waals surface area (Å²) >= 11 is 0. The lowest BCUT2D eigenvalue weighted by Gasteiger charge is -2.27. The second kappa shape index (κ2) is 8.21. The third kappa shape index (κ3) is 5.04. The number of hydrogen-bond acceptors (Lipinski definition) is 3. The van der Waals surface area contributed by atoms with Gasteiger partial charge in [0.05, 0.1) is 6.54 Å². The molecular formula is C19H32N2O. The zero-order valence-corrected chi connectivity index (χ0v) is 14.6. The van der Waals surface area contributed by atoms with Gasteiger partial charge in [0.15, 0.2) is 0 Å². The highest BCUT2D eigenvalue weighted by molar-refractivity contribution is 5.77. The van der Waals surface area contributed by atoms with Gasteiger partial charge in [-0.15, -0.1) is 0 Å². The number of hydrogen-bond donors (Lipinski definition) is 1. The summed E-state index contributed by atoms with van der Waals surface area (Å²) in [5, 5.41) is 3.06. The first-order chi connectivity index (χ1) is 10.3. The van der Waals surface area contributed by atoms with Crippen LogP contribution in [0, 0.1) is 5.41 Å². The van der Waals surface area contributed by atoms with Gasteiger partial charge < -0.3 is 10.2 Å². The molecule has 1 heterocycles. The molecule has 22 heavy (non-hydrogen) atoms. The molecule has 0 spiro atoms. The monoisotopic (exact) mass is 304 g/mol. The van der Waals surface area contributed by atoms with Gasteiger partial charge in [0.1, 0.15) is 5.78 Å². The van der Waals surface area contributed by atoms with Gasteiger partial charge in [-0.05, 0) is 39.0 Å². The highest BCUT2D eigenvalue weighted by Gasteiger charge is 2.37. The van der Waals surface area contributed by atoms with E-state index in [0.29, 0.717) is 6.54 Å². The van der Waals surface area contributed by atoms with Crippen molar-refractivity contribution in [1.29, 1.82) is 0 Å². The number of allylic oxidation sites excluding steroid dienone is 3. The zero-order valence-electron chi connectivity index (χ0n) is 14.6. The molecule has 0 bridgehead atoms. The number of nitrogens with one attached hydrogen (secondary N) is 1. The molecule has 1 atom stereocenters. The Morgan fingerprint density at radius 1 is 1.32 bits per heavy atom. The number of carbonyl (C=O) groups is 1. The van der Waals surface area contributed by atoms with Crippen LogP contribution in [0.1, 0.15) is 59.3 Å². The van der Waals surface area contributed by atoms with Crippen LogP contribution >= 0.6 is 0 Å². The first-order valence-corrected chi connectivity index (χ1v) is 8.36. The van der Waals surface area contributed by atoms with Crippen molar-refractivity contribution in [2.45, 2.75) is 59.3 Å². The van der Waals surface area contributed by atoms with Crippen molar-refractivity contribution in [2.24, 2.45) is 5.41 Å². The van der Waals surface area contributed by atoms with Crippen LogP contribution < -0.4 is 5.32 Å². The summed E-state index contributed by atoms with van der Waals surface area (Å²) < 4.78 is 0. The molecule has 0 amide bonds. The molecule has 1 N–H and O–H groups in total. The van der Waals surface area contributed by atoms with E-state index in [1.165, 1.54) is 11.4 Å². The molecule has 3 nitrogen and oxygen atoms in total. The van der Waals surface area contributed by atoms with E-state index < -0.39 is 0 Å². The van der Waals surface area contributed by atoms with Crippen LogP contribution in [0.5, 0.6) is 0 Å². The molecule has 0 aromatic carbocycles. The van der Waals surface area contributed by atoms with Gasteiger partial charge >= 0.3 is 0 Å². The average molecular weight is 304 g/mol. The van der Waals surface area contributed by atoms with E-state index >= 15 is 0 Å². The summed E-state index contributed by atoms with van der Waals surface area (Å²) in [6.07, 6.45) is 6.47. The van der Waals surface area contributed by atoms with Crippen LogP contribution in [-0.4, -0.2) is 23.8 Å². The van der Waals surface area contributed by atoms with E-state index in [1.807, 2.05) is 0 Å². The van der Waals surface area contributed by atoms with E-state index in [-0.39, 0.29) is 11.2 Å². The molecule has 1 saturated heterocycles. The fraction of sp³-hybridized carbons (Fsp3) is 0.632. The average Bonchev–Trinajstić information content (AvgIpc) is 2.68. The second-order valence-corrected chi connectivity index (χ2v) is 6.73. The molecule has 0 aromatic heterocycles. The van der Waals surface area contributed by atoms with Crippen LogP contribution in [-0.2, 0) is 4.79 Å². The molecule has 124 valence electrons. The molecule has 0 saturated carbocycles. The molecule has 0 aromatic rings. The Bertz CT molecular complexity index is 452. The van der Waals surface area contributed by atoms with E-state index in [9.17, 15) is 4.79 Å². The van der Waals surface area contributed by atoms with Crippen molar-refractivity contribution in [2.75, 3.05) is 13.1 Å². The maximum Gasteiger partial charge on any atom is 0.148 e. The van der Waals surface area contributed by atoms with E-state index in [4.69, 9.17) is 0 Å². The maximum absolute atomic E-state index is 10.9. The Kier molecular flexibility index (Phi) is 6.92. The van der Waals surface area contributed by atoms with Crippen LogP contribution in [0.2, 0.25) is 0 Å². The quantitative estimate of drug-likeness (QED) is 0.608. The summed E-state index contributed by atoms with van der Waals surface area (Å²) in [6.45, 7) is 19.9. The van der Waals surface area contributed by atoms with E-state index in [1.54, 1.807) is 6.92 Å². The van der Waals surface area contributed by atoms with Gasteiger partial charge in [0.25, 0.3) is 0 Å². The zero-order chi connectivity index (χ0) is 16.8. The molecule has 1 aliphatic heterocycles. The number of carbonyl (C=O) groups excluding carboxylic acids is 1. The Morgan fingerprint density at radius 3 is 2.55 bits per heavy atom. The lowest BCUT2D eigenvalue weighted by molar-refractivity contribution is -0.116. The van der Waals surface area contributed by atoms with Crippen LogP contribution in [0.3, 0.4) is 0 Å². The molecule has 1 unspecified atom stereocenters. The Hall–Kier alpha value is -1.51. The molecule has 0 radical (unpaired) electrons. The Labute approximate surface area is 136 Å². The number of Topliss-reactive ketones (excluding diaryl/α,β-unsaturated/α-hetero) is 1. The topological polar surface area (TPSA) is 32.3 Å². The van der Waals surface area contributed by atoms with Gasteiger partial charge in [-0.2, -0.15) is 0 Å². The molecular weight excluding hydrogens is 272 g/mol. The van der Waals surface area contributed by atoms with Crippen LogP contribution in [0.15, 0.2) is 36.8 Å². The minimum Gasteiger partial charge on any atom is -0.382 e. The number of rotatable bonds is 10. The predicted octanol–water partition coefficient (Wildman–Crippen LogP) is 4.39. The third-order valence-electron chi connectivity index (χ3n) is 4.73. The highest BCUT2D eigenvalue weighted by Crippen LogP contribution is 2.46. The number of unbranched alkanes of at least 4 members (excludes halogenated alkanes) is 2. The fourth-order valence-corrected chi connectivity index (χ4v) is 2.91. The third-order valence-corrected chi connectivity index (χ3v) is 4.73. The number of likely N-dealkylation sites (tertiary alicyclic amines) is 1. The first kappa shape index (κ1) is 18.5. The highest BCUT2D eigenvalue weighted by atomic mass is 16.1. The number of nitrogens with zero attached hydrogens (tertiary/aromatic N) is 1. The summed E-state index contributed by atoms with van der Waals surface area (Å²) in [5.41, 5.74) is 3.60. The van der Waals surface area contributed by atoms with Gasteiger partial charge in [-0.1, -0.05) is 40.0 Å². The van der Waals surface area contributed by atoms with Crippen molar-refractivity contribution in [3.8, 4) is 0 Å². The Balaban J connectivity index is 2.22. The predicted molar refractivity (Wildman–Crippen MR) is 94.3 cm³/mol. The van der Waals surface area contributed by atoms with Gasteiger partial charge in [-0.3, -0.25) is 4.79 Å². The summed E-state index contributed by atoms with van der Waals surface area (Å²) in [7, 11) is 0. The second-order valence-electron chi connectivity index (χ2n) is 6.73. The standard InChI is InChI=1S/C19H32N2O/c1-7-19(6)13-16(3)21(18(19)5)12-10-8-9-11-15(2)20-14-17(4)22/h20H,2-3,5,7-14H2,1,4,6H3. The molecule has 0 aliphatic carbocycles. The van der Waals surface area contributed by atoms with Crippen LogP contribution in [0.25, 0.3) is 0 Å².